The molecule has 1 atom stereocenters. The third kappa shape index (κ3) is 4.14. The minimum atomic E-state index is -0.181. The van der Waals surface area contributed by atoms with Crippen molar-refractivity contribution < 1.29 is 9.53 Å². The molecule has 1 aliphatic heterocycles. The first-order chi connectivity index (χ1) is 14.1. The van der Waals surface area contributed by atoms with Crippen molar-refractivity contribution in [1.29, 1.82) is 0 Å². The van der Waals surface area contributed by atoms with Gasteiger partial charge in [0.2, 0.25) is 0 Å². The van der Waals surface area contributed by atoms with Gasteiger partial charge in [0.25, 0.3) is 5.91 Å². The Morgan fingerprint density at radius 1 is 0.966 bits per heavy atom. The number of halogens is 2. The highest BCUT2D eigenvalue weighted by Gasteiger charge is 2.34. The number of nitrogens with zero attached hydrogens (tertiary/aromatic N) is 2. The van der Waals surface area contributed by atoms with Crippen LogP contribution in [-0.4, -0.2) is 23.7 Å². The summed E-state index contributed by atoms with van der Waals surface area (Å²) in [6.07, 6.45) is 0.615. The molecule has 1 aliphatic rings. The lowest BCUT2D eigenvalue weighted by Gasteiger charge is -2.22. The van der Waals surface area contributed by atoms with Crippen LogP contribution in [0.15, 0.2) is 86.8 Å². The lowest BCUT2D eigenvalue weighted by Crippen LogP contribution is -2.27. The minimum absolute atomic E-state index is 0.129. The molecule has 146 valence electrons. The van der Waals surface area contributed by atoms with Gasteiger partial charge < -0.3 is 4.74 Å². The number of hydrogen-bond donors (Lipinski definition) is 0. The highest BCUT2D eigenvalue weighted by Crippen LogP contribution is 2.36. The summed E-state index contributed by atoms with van der Waals surface area (Å²) in [6.45, 7) is 0. The van der Waals surface area contributed by atoms with Gasteiger partial charge in [-0.05, 0) is 54.1 Å². The third-order valence-corrected chi connectivity index (χ3v) is 5.94. The number of rotatable bonds is 4. The van der Waals surface area contributed by atoms with E-state index in [1.54, 1.807) is 12.1 Å². The number of hydrazone groups is 1. The third-order valence-electron chi connectivity index (χ3n) is 4.88. The molecule has 0 N–H and O–H groups in total. The van der Waals surface area contributed by atoms with Crippen LogP contribution in [0.2, 0.25) is 0 Å². The number of para-hydroxylation sites is 1. The van der Waals surface area contributed by atoms with Crippen molar-refractivity contribution in [2.75, 3.05) is 7.11 Å². The number of methoxy groups -OCH3 is 1. The molecule has 0 saturated carbocycles. The maximum absolute atomic E-state index is 13.3. The van der Waals surface area contributed by atoms with Gasteiger partial charge in [0, 0.05) is 26.5 Å². The lowest BCUT2D eigenvalue weighted by molar-refractivity contribution is 0.0711. The van der Waals surface area contributed by atoms with E-state index in [-0.39, 0.29) is 11.9 Å². The SMILES string of the molecule is COc1ccccc1C1=NN(C(=O)c2ccc(Br)cc2)[C@H](c2ccc(Br)cc2)C1. The Morgan fingerprint density at radius 2 is 1.59 bits per heavy atom. The van der Waals surface area contributed by atoms with Crippen LogP contribution in [0, 0.1) is 0 Å². The number of hydrogen-bond acceptors (Lipinski definition) is 3. The van der Waals surface area contributed by atoms with Crippen molar-refractivity contribution in [3.8, 4) is 5.75 Å². The molecule has 3 aromatic rings. The highest BCUT2D eigenvalue weighted by molar-refractivity contribution is 9.10. The fourth-order valence-electron chi connectivity index (χ4n) is 3.41. The zero-order valence-electron chi connectivity index (χ0n) is 15.7. The average Bonchev–Trinajstić information content (AvgIpc) is 3.19. The molecule has 0 spiro atoms. The largest absolute Gasteiger partial charge is 0.496 e. The van der Waals surface area contributed by atoms with Gasteiger partial charge in [0.15, 0.2) is 0 Å². The normalized spacial score (nSPS) is 15.9. The molecule has 0 aromatic heterocycles. The van der Waals surface area contributed by atoms with Crippen LogP contribution in [0.3, 0.4) is 0 Å². The molecule has 29 heavy (non-hydrogen) atoms. The fourth-order valence-corrected chi connectivity index (χ4v) is 3.94. The number of amides is 1. The predicted molar refractivity (Wildman–Crippen MR) is 121 cm³/mol. The van der Waals surface area contributed by atoms with Crippen LogP contribution in [0.1, 0.15) is 33.9 Å². The molecule has 0 saturated heterocycles. The second-order valence-corrected chi connectivity index (χ2v) is 8.51. The molecular formula is C23H18Br2N2O2. The molecule has 1 heterocycles. The maximum atomic E-state index is 13.3. The van der Waals surface area contributed by atoms with Gasteiger partial charge in [-0.2, -0.15) is 5.10 Å². The van der Waals surface area contributed by atoms with Gasteiger partial charge in [-0.3, -0.25) is 4.79 Å². The van der Waals surface area contributed by atoms with Crippen LogP contribution < -0.4 is 4.74 Å². The Labute approximate surface area is 186 Å². The fraction of sp³-hybridized carbons (Fsp3) is 0.130. The summed E-state index contributed by atoms with van der Waals surface area (Å²) >= 11 is 6.90. The first-order valence-electron chi connectivity index (χ1n) is 9.12. The molecule has 0 radical (unpaired) electrons. The molecule has 0 aliphatic carbocycles. The first-order valence-corrected chi connectivity index (χ1v) is 10.7. The van der Waals surface area contributed by atoms with E-state index >= 15 is 0 Å². The Kier molecular flexibility index (Phi) is 5.83. The van der Waals surface area contributed by atoms with Crippen LogP contribution in [-0.2, 0) is 0 Å². The standard InChI is InChI=1S/C23H18Br2N2O2/c1-29-22-5-3-2-4-19(22)20-14-21(15-6-10-17(24)11-7-15)27(26-20)23(28)16-8-12-18(25)13-9-16/h2-13,21H,14H2,1H3/t21-/m0/s1. The monoisotopic (exact) mass is 512 g/mol. The molecule has 6 heteroatoms. The Hall–Kier alpha value is -2.44. The Bertz CT molecular complexity index is 1060. The molecule has 1 amide bonds. The van der Waals surface area contributed by atoms with Crippen molar-refractivity contribution in [2.24, 2.45) is 5.10 Å². The second-order valence-electron chi connectivity index (χ2n) is 6.68. The van der Waals surface area contributed by atoms with Crippen LogP contribution >= 0.6 is 31.9 Å². The molecular weight excluding hydrogens is 496 g/mol. The van der Waals surface area contributed by atoms with Crippen LogP contribution in [0.5, 0.6) is 5.75 Å². The van der Waals surface area contributed by atoms with E-state index in [0.29, 0.717) is 12.0 Å². The molecule has 4 nitrogen and oxygen atoms in total. The van der Waals surface area contributed by atoms with Crippen LogP contribution in [0.4, 0.5) is 0 Å². The zero-order valence-corrected chi connectivity index (χ0v) is 18.9. The zero-order chi connectivity index (χ0) is 20.4. The van der Waals surface area contributed by atoms with Gasteiger partial charge in [0.05, 0.1) is 18.9 Å². The van der Waals surface area contributed by atoms with E-state index in [4.69, 9.17) is 9.84 Å². The average molecular weight is 514 g/mol. The molecule has 0 unspecified atom stereocenters. The van der Waals surface area contributed by atoms with Gasteiger partial charge in [-0.25, -0.2) is 5.01 Å². The number of carbonyl (C=O) groups is 1. The van der Waals surface area contributed by atoms with Crippen molar-refractivity contribution in [1.82, 2.24) is 5.01 Å². The maximum Gasteiger partial charge on any atom is 0.274 e. The number of ether oxygens (including phenoxy) is 1. The van der Waals surface area contributed by atoms with Gasteiger partial charge >= 0.3 is 0 Å². The van der Waals surface area contributed by atoms with Gasteiger partial charge in [-0.15, -0.1) is 0 Å². The first kappa shape index (κ1) is 19.9. The molecule has 4 rings (SSSR count). The summed E-state index contributed by atoms with van der Waals surface area (Å²) < 4.78 is 7.44. The smallest absolute Gasteiger partial charge is 0.274 e. The summed E-state index contributed by atoms with van der Waals surface area (Å²) in [5.74, 6) is 0.620. The van der Waals surface area contributed by atoms with E-state index in [9.17, 15) is 4.79 Å². The summed E-state index contributed by atoms with van der Waals surface area (Å²) in [7, 11) is 1.64. The topological polar surface area (TPSA) is 41.9 Å². The predicted octanol–water partition coefficient (Wildman–Crippen LogP) is 6.21. The van der Waals surface area contributed by atoms with Gasteiger partial charge in [0.1, 0.15) is 5.75 Å². The second kappa shape index (κ2) is 8.51. The summed E-state index contributed by atoms with van der Waals surface area (Å²) in [6, 6.07) is 22.9. The van der Waals surface area contributed by atoms with E-state index in [1.165, 1.54) is 0 Å². The summed E-state index contributed by atoms with van der Waals surface area (Å²) in [5, 5.41) is 6.33. The Morgan fingerprint density at radius 3 is 2.24 bits per heavy atom. The van der Waals surface area contributed by atoms with E-state index in [2.05, 4.69) is 31.9 Å². The van der Waals surface area contributed by atoms with Crippen molar-refractivity contribution >= 4 is 43.5 Å². The molecule has 3 aromatic carbocycles. The van der Waals surface area contributed by atoms with Crippen molar-refractivity contribution in [2.45, 2.75) is 12.5 Å². The summed E-state index contributed by atoms with van der Waals surface area (Å²) in [5.41, 5.74) is 3.37. The summed E-state index contributed by atoms with van der Waals surface area (Å²) in [4.78, 5) is 13.3. The quantitative estimate of drug-likeness (QED) is 0.416. The van der Waals surface area contributed by atoms with E-state index in [0.717, 1.165) is 31.5 Å². The van der Waals surface area contributed by atoms with Crippen molar-refractivity contribution in [3.05, 3.63) is 98.4 Å². The highest BCUT2D eigenvalue weighted by atomic mass is 79.9. The van der Waals surface area contributed by atoms with E-state index in [1.807, 2.05) is 72.8 Å². The van der Waals surface area contributed by atoms with Gasteiger partial charge in [-0.1, -0.05) is 56.1 Å². The minimum Gasteiger partial charge on any atom is -0.496 e. The number of benzene rings is 3. The molecule has 0 fully saturated rings. The molecule has 0 bridgehead atoms. The van der Waals surface area contributed by atoms with E-state index < -0.39 is 0 Å². The van der Waals surface area contributed by atoms with Crippen LogP contribution in [0.25, 0.3) is 0 Å². The number of carbonyl (C=O) groups excluding carboxylic acids is 1. The Balaban J connectivity index is 1.75. The lowest BCUT2D eigenvalue weighted by atomic mass is 9.97. The van der Waals surface area contributed by atoms with Crippen molar-refractivity contribution in [3.63, 3.8) is 0 Å².